The summed E-state index contributed by atoms with van der Waals surface area (Å²) >= 11 is 7.58. The first-order chi connectivity index (χ1) is 11.2. The zero-order chi connectivity index (χ0) is 16.2. The molecule has 0 atom stereocenters. The fraction of sp³-hybridized carbons (Fsp3) is 0. The smallest absolute Gasteiger partial charge is 0.266 e. The molecule has 0 aliphatic rings. The van der Waals surface area contributed by atoms with Crippen molar-refractivity contribution in [2.75, 3.05) is 0 Å². The van der Waals surface area contributed by atoms with Gasteiger partial charge in [0, 0.05) is 10.1 Å². The molecule has 2 aromatic carbocycles. The van der Waals surface area contributed by atoms with Crippen LogP contribution in [0.25, 0.3) is 10.1 Å². The van der Waals surface area contributed by atoms with E-state index in [4.69, 9.17) is 16.9 Å². The van der Waals surface area contributed by atoms with Crippen LogP contribution in [0.4, 0.5) is 0 Å². The molecule has 112 valence electrons. The van der Waals surface area contributed by atoms with Gasteiger partial charge in [0.25, 0.3) is 5.91 Å². The van der Waals surface area contributed by atoms with E-state index < -0.39 is 0 Å². The topological polar surface area (TPSA) is 65.2 Å². The van der Waals surface area contributed by atoms with Crippen molar-refractivity contribution in [1.29, 1.82) is 5.26 Å². The fourth-order valence-corrected chi connectivity index (χ4v) is 3.43. The monoisotopic (exact) mass is 339 g/mol. The minimum absolute atomic E-state index is 0.346. The second-order valence-corrected chi connectivity index (χ2v) is 6.10. The zero-order valence-corrected chi connectivity index (χ0v) is 13.4. The van der Waals surface area contributed by atoms with Crippen molar-refractivity contribution in [2.24, 2.45) is 5.10 Å². The van der Waals surface area contributed by atoms with E-state index in [9.17, 15) is 4.79 Å². The number of halogens is 1. The van der Waals surface area contributed by atoms with Crippen LogP contribution in [0.3, 0.4) is 0 Å². The molecule has 0 bridgehead atoms. The van der Waals surface area contributed by atoms with Gasteiger partial charge >= 0.3 is 0 Å². The van der Waals surface area contributed by atoms with Crippen LogP contribution in [-0.4, -0.2) is 12.1 Å². The molecular weight excluding hydrogens is 330 g/mol. The number of benzene rings is 2. The second kappa shape index (κ2) is 6.61. The average molecular weight is 340 g/mol. The minimum atomic E-state index is -0.346. The molecule has 1 heterocycles. The number of nitriles is 1. The van der Waals surface area contributed by atoms with Crippen molar-refractivity contribution in [1.82, 2.24) is 5.43 Å². The Morgan fingerprint density at radius 1 is 1.22 bits per heavy atom. The maximum atomic E-state index is 12.2. The third-order valence-corrected chi connectivity index (χ3v) is 4.83. The van der Waals surface area contributed by atoms with E-state index in [1.54, 1.807) is 24.3 Å². The molecule has 0 spiro atoms. The number of carbonyl (C=O) groups excluding carboxylic acids is 1. The van der Waals surface area contributed by atoms with Crippen LogP contribution in [0.15, 0.2) is 53.6 Å². The molecule has 0 radical (unpaired) electrons. The van der Waals surface area contributed by atoms with Crippen LogP contribution >= 0.6 is 22.9 Å². The molecule has 0 saturated heterocycles. The Morgan fingerprint density at radius 3 is 2.65 bits per heavy atom. The SMILES string of the molecule is N#Cc1ccc(/C=N\NC(=O)c2sc3ccccc3c2Cl)cc1. The van der Waals surface area contributed by atoms with Crippen molar-refractivity contribution < 1.29 is 4.79 Å². The Bertz CT molecular complexity index is 939. The lowest BCUT2D eigenvalue weighted by Crippen LogP contribution is -2.16. The summed E-state index contributed by atoms with van der Waals surface area (Å²) in [5.74, 6) is -0.346. The molecule has 3 rings (SSSR count). The summed E-state index contributed by atoms with van der Waals surface area (Å²) in [4.78, 5) is 12.6. The van der Waals surface area contributed by atoms with Gasteiger partial charge in [0.1, 0.15) is 4.88 Å². The minimum Gasteiger partial charge on any atom is -0.266 e. The molecule has 1 aromatic heterocycles. The van der Waals surface area contributed by atoms with Gasteiger partial charge in [0.15, 0.2) is 0 Å². The van der Waals surface area contributed by atoms with Gasteiger partial charge in [-0.3, -0.25) is 4.79 Å². The lowest BCUT2D eigenvalue weighted by Gasteiger charge is -1.97. The zero-order valence-electron chi connectivity index (χ0n) is 11.8. The lowest BCUT2D eigenvalue weighted by atomic mass is 10.2. The van der Waals surface area contributed by atoms with E-state index in [2.05, 4.69) is 10.5 Å². The Morgan fingerprint density at radius 2 is 1.96 bits per heavy atom. The van der Waals surface area contributed by atoms with Crippen molar-refractivity contribution in [2.45, 2.75) is 0 Å². The van der Waals surface area contributed by atoms with Crippen LogP contribution in [0.5, 0.6) is 0 Å². The first kappa shape index (κ1) is 15.2. The summed E-state index contributed by atoms with van der Waals surface area (Å²) < 4.78 is 0.957. The summed E-state index contributed by atoms with van der Waals surface area (Å²) in [6, 6.07) is 16.5. The van der Waals surface area contributed by atoms with Gasteiger partial charge in [-0.1, -0.05) is 41.9 Å². The normalized spacial score (nSPS) is 10.8. The fourth-order valence-electron chi connectivity index (χ4n) is 2.02. The highest BCUT2D eigenvalue weighted by atomic mass is 35.5. The van der Waals surface area contributed by atoms with Gasteiger partial charge in [-0.15, -0.1) is 11.3 Å². The maximum absolute atomic E-state index is 12.2. The lowest BCUT2D eigenvalue weighted by molar-refractivity contribution is 0.0959. The number of hydrogen-bond acceptors (Lipinski definition) is 4. The predicted molar refractivity (Wildman–Crippen MR) is 93.1 cm³/mol. The second-order valence-electron chi connectivity index (χ2n) is 4.67. The largest absolute Gasteiger partial charge is 0.283 e. The summed E-state index contributed by atoms with van der Waals surface area (Å²) in [5.41, 5.74) is 3.83. The summed E-state index contributed by atoms with van der Waals surface area (Å²) in [6.07, 6.45) is 1.51. The summed E-state index contributed by atoms with van der Waals surface area (Å²) in [5, 5.41) is 14.0. The van der Waals surface area contributed by atoms with Crippen LogP contribution in [0.1, 0.15) is 20.8 Å². The number of hydrogen-bond donors (Lipinski definition) is 1. The van der Waals surface area contributed by atoms with Gasteiger partial charge < -0.3 is 0 Å². The Balaban J connectivity index is 1.74. The molecule has 0 fully saturated rings. The van der Waals surface area contributed by atoms with E-state index in [1.165, 1.54) is 17.6 Å². The molecule has 23 heavy (non-hydrogen) atoms. The molecule has 4 nitrogen and oxygen atoms in total. The first-order valence-corrected chi connectivity index (χ1v) is 7.89. The van der Waals surface area contributed by atoms with Gasteiger partial charge in [0.05, 0.1) is 22.9 Å². The quantitative estimate of drug-likeness (QED) is 0.574. The van der Waals surface area contributed by atoms with Crippen LogP contribution < -0.4 is 5.43 Å². The molecule has 0 aliphatic heterocycles. The number of fused-ring (bicyclic) bond motifs is 1. The van der Waals surface area contributed by atoms with Crippen LogP contribution in [0.2, 0.25) is 5.02 Å². The number of rotatable bonds is 3. The summed E-state index contributed by atoms with van der Waals surface area (Å²) in [6.45, 7) is 0. The van der Waals surface area contributed by atoms with Crippen molar-refractivity contribution >= 4 is 45.1 Å². The predicted octanol–water partition coefficient (Wildman–Crippen LogP) is 4.19. The third kappa shape index (κ3) is 3.24. The van der Waals surface area contributed by atoms with Gasteiger partial charge in [-0.2, -0.15) is 10.4 Å². The van der Waals surface area contributed by atoms with E-state index in [-0.39, 0.29) is 5.91 Å². The number of hydrazone groups is 1. The van der Waals surface area contributed by atoms with E-state index in [1.807, 2.05) is 30.3 Å². The number of carbonyl (C=O) groups is 1. The van der Waals surface area contributed by atoms with Crippen LogP contribution in [0, 0.1) is 11.3 Å². The van der Waals surface area contributed by atoms with Crippen molar-refractivity contribution in [3.63, 3.8) is 0 Å². The van der Waals surface area contributed by atoms with E-state index in [0.717, 1.165) is 15.6 Å². The number of thiophene rings is 1. The number of nitrogens with one attached hydrogen (secondary N) is 1. The molecule has 0 aliphatic carbocycles. The first-order valence-electron chi connectivity index (χ1n) is 6.69. The van der Waals surface area contributed by atoms with Gasteiger partial charge in [-0.05, 0) is 23.8 Å². The van der Waals surface area contributed by atoms with Gasteiger partial charge in [0.2, 0.25) is 0 Å². The highest BCUT2D eigenvalue weighted by Crippen LogP contribution is 2.34. The van der Waals surface area contributed by atoms with E-state index >= 15 is 0 Å². The van der Waals surface area contributed by atoms with Crippen molar-refractivity contribution in [3.8, 4) is 6.07 Å². The highest BCUT2D eigenvalue weighted by molar-refractivity contribution is 7.21. The molecular formula is C17H10ClN3OS. The summed E-state index contributed by atoms with van der Waals surface area (Å²) in [7, 11) is 0. The number of nitrogens with zero attached hydrogens (tertiary/aromatic N) is 2. The number of amides is 1. The Kier molecular flexibility index (Phi) is 4.38. The van der Waals surface area contributed by atoms with Gasteiger partial charge in [-0.25, -0.2) is 5.43 Å². The molecule has 6 heteroatoms. The Labute approximate surface area is 141 Å². The molecule has 1 N–H and O–H groups in total. The maximum Gasteiger partial charge on any atom is 0.283 e. The highest BCUT2D eigenvalue weighted by Gasteiger charge is 2.16. The van der Waals surface area contributed by atoms with Crippen LogP contribution in [-0.2, 0) is 0 Å². The third-order valence-electron chi connectivity index (χ3n) is 3.16. The molecule has 0 saturated carbocycles. The van der Waals surface area contributed by atoms with Crippen molar-refractivity contribution in [3.05, 3.63) is 69.6 Å². The standard InChI is InChI=1S/C17H10ClN3OS/c18-15-13-3-1-2-4-14(13)23-16(15)17(22)21-20-10-12-7-5-11(9-19)6-8-12/h1-8,10H,(H,21,22)/b20-10-. The van der Waals surface area contributed by atoms with E-state index in [0.29, 0.717) is 15.5 Å². The molecule has 1 amide bonds. The molecule has 0 unspecified atom stereocenters. The Hall–Kier alpha value is -2.68. The average Bonchev–Trinajstić information content (AvgIpc) is 2.93. The molecule has 3 aromatic rings.